The normalized spacial score (nSPS) is 15.1. The molecule has 0 saturated carbocycles. The van der Waals surface area contributed by atoms with Crippen molar-refractivity contribution in [2.45, 2.75) is 0 Å². The van der Waals surface area contributed by atoms with Gasteiger partial charge in [0, 0.05) is 5.39 Å². The minimum absolute atomic E-state index is 0.132. The number of benzene rings is 3. The first-order valence-corrected chi connectivity index (χ1v) is 10.5. The van der Waals surface area contributed by atoms with Crippen LogP contribution < -0.4 is 14.4 Å². The van der Waals surface area contributed by atoms with Crippen LogP contribution in [0, 0.1) is 0 Å². The van der Waals surface area contributed by atoms with Crippen LogP contribution in [-0.2, 0) is 4.79 Å². The molecular weight excluding hydrogens is 414 g/mol. The van der Waals surface area contributed by atoms with Crippen LogP contribution in [0.5, 0.6) is 11.5 Å². The van der Waals surface area contributed by atoms with Crippen LogP contribution in [0.4, 0.5) is 5.69 Å². The third-order valence-electron chi connectivity index (χ3n) is 4.64. The summed E-state index contributed by atoms with van der Waals surface area (Å²) in [7, 11) is 1.58. The minimum atomic E-state index is -0.132. The Kier molecular flexibility index (Phi) is 5.88. The number of methoxy groups -OCH3 is 1. The number of thiocarbonyl (C=S) groups is 1. The van der Waals surface area contributed by atoms with E-state index in [1.165, 1.54) is 11.8 Å². The lowest BCUT2D eigenvalue weighted by Gasteiger charge is -2.17. The summed E-state index contributed by atoms with van der Waals surface area (Å²) in [5.41, 5.74) is 1.63. The van der Waals surface area contributed by atoms with Crippen molar-refractivity contribution in [2.24, 2.45) is 0 Å². The van der Waals surface area contributed by atoms with E-state index >= 15 is 0 Å². The molecule has 0 radical (unpaired) electrons. The lowest BCUT2D eigenvalue weighted by molar-refractivity contribution is -0.113. The van der Waals surface area contributed by atoms with Gasteiger partial charge in [-0.15, -0.1) is 0 Å². The van der Waals surface area contributed by atoms with Crippen molar-refractivity contribution >= 4 is 56.7 Å². The number of amides is 1. The summed E-state index contributed by atoms with van der Waals surface area (Å²) in [6, 6.07) is 19.4. The number of nitrogens with zero attached hydrogens (tertiary/aromatic N) is 1. The molecule has 4 rings (SSSR count). The minimum Gasteiger partial charge on any atom is -0.493 e. The molecule has 0 bridgehead atoms. The maximum atomic E-state index is 13.2. The van der Waals surface area contributed by atoms with E-state index in [1.807, 2.05) is 66.7 Å². The molecule has 0 spiro atoms. The van der Waals surface area contributed by atoms with E-state index in [2.05, 4.69) is 6.58 Å². The summed E-state index contributed by atoms with van der Waals surface area (Å²) in [5.74, 6) is 1.08. The Hall–Kier alpha value is -3.09. The van der Waals surface area contributed by atoms with Crippen LogP contribution in [-0.4, -0.2) is 23.9 Å². The van der Waals surface area contributed by atoms with E-state index in [0.717, 1.165) is 22.0 Å². The monoisotopic (exact) mass is 433 g/mol. The summed E-state index contributed by atoms with van der Waals surface area (Å²) < 4.78 is 11.5. The Balaban J connectivity index is 1.67. The number of carbonyl (C=O) groups excluding carboxylic acids is 1. The molecule has 3 aromatic carbocycles. The average molecular weight is 434 g/mol. The summed E-state index contributed by atoms with van der Waals surface area (Å²) in [6.07, 6.45) is 3.50. The van der Waals surface area contributed by atoms with Crippen molar-refractivity contribution < 1.29 is 14.3 Å². The predicted octanol–water partition coefficient (Wildman–Crippen LogP) is 5.82. The highest BCUT2D eigenvalue weighted by Gasteiger charge is 2.34. The quantitative estimate of drug-likeness (QED) is 0.278. The SMILES string of the molecule is C=CCOc1ccc(/C=C2\SC(=S)N(c3cccc4ccccc34)C2=O)cc1OC. The third-order valence-corrected chi connectivity index (χ3v) is 5.95. The molecule has 4 nitrogen and oxygen atoms in total. The van der Waals surface area contributed by atoms with Gasteiger partial charge in [0.1, 0.15) is 6.61 Å². The zero-order valence-corrected chi connectivity index (χ0v) is 18.0. The van der Waals surface area contributed by atoms with Gasteiger partial charge in [-0.2, -0.15) is 0 Å². The molecule has 1 heterocycles. The zero-order valence-electron chi connectivity index (χ0n) is 16.3. The van der Waals surface area contributed by atoms with E-state index in [0.29, 0.717) is 27.3 Å². The number of fused-ring (bicyclic) bond motifs is 1. The maximum Gasteiger partial charge on any atom is 0.270 e. The van der Waals surface area contributed by atoms with Gasteiger partial charge in [-0.3, -0.25) is 9.69 Å². The first-order valence-electron chi connectivity index (χ1n) is 9.30. The topological polar surface area (TPSA) is 38.8 Å². The molecule has 1 fully saturated rings. The van der Waals surface area contributed by atoms with Gasteiger partial charge < -0.3 is 9.47 Å². The largest absolute Gasteiger partial charge is 0.493 e. The van der Waals surface area contributed by atoms with Crippen molar-refractivity contribution in [3.8, 4) is 11.5 Å². The van der Waals surface area contributed by atoms with Gasteiger partial charge in [-0.25, -0.2) is 0 Å². The smallest absolute Gasteiger partial charge is 0.270 e. The van der Waals surface area contributed by atoms with E-state index in [4.69, 9.17) is 21.7 Å². The molecular formula is C24H19NO3S2. The number of ether oxygens (including phenoxy) is 2. The van der Waals surface area contributed by atoms with Crippen molar-refractivity contribution in [3.05, 3.63) is 83.8 Å². The zero-order chi connectivity index (χ0) is 21.1. The molecule has 0 aliphatic carbocycles. The van der Waals surface area contributed by atoms with Crippen LogP contribution in [0.2, 0.25) is 0 Å². The number of carbonyl (C=O) groups is 1. The molecule has 1 aliphatic heterocycles. The standard InChI is InChI=1S/C24H19NO3S2/c1-3-13-28-20-12-11-16(14-21(20)27-2)15-22-23(26)25(24(29)30-22)19-10-6-8-17-7-4-5-9-18(17)19/h3-12,14-15H,1,13H2,2H3/b22-15-. The summed E-state index contributed by atoms with van der Waals surface area (Å²) in [4.78, 5) is 15.4. The highest BCUT2D eigenvalue weighted by molar-refractivity contribution is 8.27. The second-order valence-electron chi connectivity index (χ2n) is 6.53. The molecule has 30 heavy (non-hydrogen) atoms. The number of hydrogen-bond donors (Lipinski definition) is 0. The Bertz CT molecular complexity index is 1180. The van der Waals surface area contributed by atoms with Gasteiger partial charge in [0.25, 0.3) is 5.91 Å². The molecule has 3 aromatic rings. The third kappa shape index (κ3) is 3.84. The molecule has 0 aromatic heterocycles. The number of hydrogen-bond acceptors (Lipinski definition) is 5. The molecule has 0 unspecified atom stereocenters. The molecule has 0 atom stereocenters. The first kappa shape index (κ1) is 20.2. The van der Waals surface area contributed by atoms with Crippen LogP contribution in [0.3, 0.4) is 0 Å². The summed E-state index contributed by atoms with van der Waals surface area (Å²) in [5, 5.41) is 2.05. The second-order valence-corrected chi connectivity index (χ2v) is 8.20. The Morgan fingerprint density at radius 1 is 1.10 bits per heavy atom. The van der Waals surface area contributed by atoms with Crippen LogP contribution in [0.15, 0.2) is 78.2 Å². The van der Waals surface area contributed by atoms with Gasteiger partial charge in [0.15, 0.2) is 15.8 Å². The van der Waals surface area contributed by atoms with E-state index in [-0.39, 0.29) is 5.91 Å². The highest BCUT2D eigenvalue weighted by Crippen LogP contribution is 2.39. The number of rotatable bonds is 6. The van der Waals surface area contributed by atoms with Crippen molar-refractivity contribution in [2.75, 3.05) is 18.6 Å². The number of anilines is 1. The first-order chi connectivity index (χ1) is 14.6. The summed E-state index contributed by atoms with van der Waals surface area (Å²) in [6.45, 7) is 4.04. The van der Waals surface area contributed by atoms with Crippen molar-refractivity contribution in [1.82, 2.24) is 0 Å². The van der Waals surface area contributed by atoms with E-state index in [1.54, 1.807) is 18.1 Å². The van der Waals surface area contributed by atoms with Crippen molar-refractivity contribution in [3.63, 3.8) is 0 Å². The fourth-order valence-corrected chi connectivity index (χ4v) is 4.56. The maximum absolute atomic E-state index is 13.2. The molecule has 1 amide bonds. The number of thioether (sulfide) groups is 1. The van der Waals surface area contributed by atoms with Crippen LogP contribution in [0.25, 0.3) is 16.8 Å². The second kappa shape index (κ2) is 8.73. The summed E-state index contributed by atoms with van der Waals surface area (Å²) >= 11 is 6.84. The Morgan fingerprint density at radius 2 is 1.90 bits per heavy atom. The van der Waals surface area contributed by atoms with Crippen LogP contribution in [0.1, 0.15) is 5.56 Å². The highest BCUT2D eigenvalue weighted by atomic mass is 32.2. The van der Waals surface area contributed by atoms with Gasteiger partial charge in [-0.1, -0.05) is 79.1 Å². The lowest BCUT2D eigenvalue weighted by Crippen LogP contribution is -2.27. The molecule has 6 heteroatoms. The Labute approximate surface area is 184 Å². The van der Waals surface area contributed by atoms with Gasteiger partial charge in [0.05, 0.1) is 17.7 Å². The molecule has 0 N–H and O–H groups in total. The van der Waals surface area contributed by atoms with Crippen molar-refractivity contribution in [1.29, 1.82) is 0 Å². The van der Waals surface area contributed by atoms with Gasteiger partial charge >= 0.3 is 0 Å². The van der Waals surface area contributed by atoms with E-state index < -0.39 is 0 Å². The van der Waals surface area contributed by atoms with Crippen LogP contribution >= 0.6 is 24.0 Å². The van der Waals surface area contributed by atoms with Gasteiger partial charge in [0.2, 0.25) is 0 Å². The molecule has 1 aliphatic rings. The van der Waals surface area contributed by atoms with Gasteiger partial charge in [-0.05, 0) is 35.2 Å². The molecule has 150 valence electrons. The fraction of sp³-hybridized carbons (Fsp3) is 0.0833. The van der Waals surface area contributed by atoms with E-state index in [9.17, 15) is 4.79 Å². The molecule has 1 saturated heterocycles. The average Bonchev–Trinajstić information content (AvgIpc) is 3.05. The predicted molar refractivity (Wildman–Crippen MR) is 128 cm³/mol. The lowest BCUT2D eigenvalue weighted by atomic mass is 10.1. The Morgan fingerprint density at radius 3 is 2.70 bits per heavy atom. The fourth-order valence-electron chi connectivity index (χ4n) is 3.27.